The van der Waals surface area contributed by atoms with E-state index in [1.54, 1.807) is 28.9 Å². The molecule has 122 valence electrons. The third-order valence-electron chi connectivity index (χ3n) is 3.68. The molecule has 0 atom stereocenters. The number of aryl methyl sites for hydroxylation is 1. The number of nitrogens with zero attached hydrogens (tertiary/aromatic N) is 2. The molecule has 3 aromatic rings. The van der Waals surface area contributed by atoms with Gasteiger partial charge in [0.15, 0.2) is 0 Å². The van der Waals surface area contributed by atoms with Crippen molar-refractivity contribution >= 4 is 34.8 Å². The maximum absolute atomic E-state index is 12.5. The number of nitrogens with one attached hydrogen (secondary N) is 1. The number of benzene rings is 2. The minimum absolute atomic E-state index is 0.258. The molecule has 3 rings (SSSR count). The lowest BCUT2D eigenvalue weighted by Crippen LogP contribution is -2.13. The molecule has 1 heterocycles. The highest BCUT2D eigenvalue weighted by Crippen LogP contribution is 2.24. The number of carbonyl (C=O) groups excluding carboxylic acids is 1. The highest BCUT2D eigenvalue weighted by atomic mass is 35.5. The predicted molar refractivity (Wildman–Crippen MR) is 97.5 cm³/mol. The molecule has 6 heteroatoms. The van der Waals surface area contributed by atoms with Gasteiger partial charge in [-0.05, 0) is 49.7 Å². The first kappa shape index (κ1) is 16.6. The van der Waals surface area contributed by atoms with Crippen LogP contribution in [0.1, 0.15) is 21.6 Å². The van der Waals surface area contributed by atoms with Gasteiger partial charge in [0.25, 0.3) is 5.91 Å². The summed E-state index contributed by atoms with van der Waals surface area (Å²) >= 11 is 12.2. The van der Waals surface area contributed by atoms with Crippen LogP contribution >= 0.6 is 23.2 Å². The average Bonchev–Trinajstić information content (AvgIpc) is 2.92. The highest BCUT2D eigenvalue weighted by molar-refractivity contribution is 6.34. The normalized spacial score (nSPS) is 10.7. The summed E-state index contributed by atoms with van der Waals surface area (Å²) in [5, 5.41) is 8.22. The Kier molecular flexibility index (Phi) is 4.60. The zero-order valence-corrected chi connectivity index (χ0v) is 14.7. The van der Waals surface area contributed by atoms with Crippen LogP contribution in [0.5, 0.6) is 0 Å². The molecule has 0 fully saturated rings. The summed E-state index contributed by atoms with van der Waals surface area (Å²) in [6.45, 7) is 3.77. The van der Waals surface area contributed by atoms with Crippen molar-refractivity contribution in [2.75, 3.05) is 5.32 Å². The second kappa shape index (κ2) is 6.67. The number of hydrogen-bond acceptors (Lipinski definition) is 2. The van der Waals surface area contributed by atoms with E-state index in [0.717, 1.165) is 16.9 Å². The van der Waals surface area contributed by atoms with E-state index in [0.29, 0.717) is 21.3 Å². The first-order valence-corrected chi connectivity index (χ1v) is 8.09. The SMILES string of the molecule is Cc1ccc(NC(=O)c2cnn(-c3cccc(Cl)c3)c2C)c(Cl)c1. The number of aromatic nitrogens is 2. The van der Waals surface area contributed by atoms with Crippen molar-refractivity contribution in [3.05, 3.63) is 75.5 Å². The lowest BCUT2D eigenvalue weighted by molar-refractivity contribution is 0.102. The van der Waals surface area contributed by atoms with E-state index in [-0.39, 0.29) is 5.91 Å². The van der Waals surface area contributed by atoms with Gasteiger partial charge in [-0.3, -0.25) is 4.79 Å². The second-order valence-corrected chi connectivity index (χ2v) is 6.32. The Bertz CT molecular complexity index is 918. The molecule has 0 unspecified atom stereocenters. The largest absolute Gasteiger partial charge is 0.321 e. The number of carbonyl (C=O) groups is 1. The van der Waals surface area contributed by atoms with Crippen LogP contribution in [0.15, 0.2) is 48.7 Å². The van der Waals surface area contributed by atoms with E-state index in [1.807, 2.05) is 32.0 Å². The molecule has 0 aliphatic carbocycles. The van der Waals surface area contributed by atoms with Gasteiger partial charge in [-0.1, -0.05) is 35.3 Å². The minimum atomic E-state index is -0.258. The molecule has 0 radical (unpaired) electrons. The Morgan fingerprint density at radius 2 is 1.92 bits per heavy atom. The van der Waals surface area contributed by atoms with Crippen molar-refractivity contribution in [2.24, 2.45) is 0 Å². The van der Waals surface area contributed by atoms with Gasteiger partial charge >= 0.3 is 0 Å². The fourth-order valence-electron chi connectivity index (χ4n) is 2.41. The molecule has 0 aliphatic heterocycles. The van der Waals surface area contributed by atoms with Crippen LogP contribution in [0.2, 0.25) is 10.0 Å². The Morgan fingerprint density at radius 3 is 2.62 bits per heavy atom. The van der Waals surface area contributed by atoms with Crippen LogP contribution in [-0.2, 0) is 0 Å². The molecule has 2 aromatic carbocycles. The second-order valence-electron chi connectivity index (χ2n) is 5.47. The molecule has 24 heavy (non-hydrogen) atoms. The number of amides is 1. The van der Waals surface area contributed by atoms with Gasteiger partial charge in [-0.25, -0.2) is 4.68 Å². The minimum Gasteiger partial charge on any atom is -0.321 e. The van der Waals surface area contributed by atoms with Gasteiger partial charge in [0.1, 0.15) is 0 Å². The Labute approximate surface area is 150 Å². The number of rotatable bonds is 3. The van der Waals surface area contributed by atoms with Gasteiger partial charge < -0.3 is 5.32 Å². The Morgan fingerprint density at radius 1 is 1.12 bits per heavy atom. The van der Waals surface area contributed by atoms with Crippen molar-refractivity contribution < 1.29 is 4.79 Å². The highest BCUT2D eigenvalue weighted by Gasteiger charge is 2.16. The van der Waals surface area contributed by atoms with Gasteiger partial charge in [-0.2, -0.15) is 5.10 Å². The molecule has 0 spiro atoms. The third-order valence-corrected chi connectivity index (χ3v) is 4.23. The van der Waals surface area contributed by atoms with Crippen molar-refractivity contribution in [1.82, 2.24) is 9.78 Å². The van der Waals surface area contributed by atoms with Crippen molar-refractivity contribution in [2.45, 2.75) is 13.8 Å². The van der Waals surface area contributed by atoms with Gasteiger partial charge in [0.05, 0.1) is 33.9 Å². The van der Waals surface area contributed by atoms with E-state index in [2.05, 4.69) is 10.4 Å². The molecule has 4 nitrogen and oxygen atoms in total. The van der Waals surface area contributed by atoms with Gasteiger partial charge in [0, 0.05) is 5.02 Å². The maximum atomic E-state index is 12.5. The van der Waals surface area contributed by atoms with Gasteiger partial charge in [0.2, 0.25) is 0 Å². The standard InChI is InChI=1S/C18H15Cl2N3O/c1-11-6-7-17(16(20)8-11)22-18(24)15-10-21-23(12(15)2)14-5-3-4-13(19)9-14/h3-10H,1-2H3,(H,22,24). The summed E-state index contributed by atoms with van der Waals surface area (Å²) in [7, 11) is 0. The van der Waals surface area contributed by atoms with Crippen LogP contribution in [0.3, 0.4) is 0 Å². The molecule has 0 bridgehead atoms. The predicted octanol–water partition coefficient (Wildman–Crippen LogP) is 5.05. The topological polar surface area (TPSA) is 46.9 Å². The monoisotopic (exact) mass is 359 g/mol. The Balaban J connectivity index is 1.89. The molecule has 1 N–H and O–H groups in total. The molecular formula is C18H15Cl2N3O. The first-order chi connectivity index (χ1) is 11.5. The molecule has 1 aromatic heterocycles. The molecule has 0 saturated heterocycles. The lowest BCUT2D eigenvalue weighted by Gasteiger charge is -2.08. The van der Waals surface area contributed by atoms with Crippen LogP contribution in [-0.4, -0.2) is 15.7 Å². The van der Waals surface area contributed by atoms with Crippen molar-refractivity contribution in [3.63, 3.8) is 0 Å². The van der Waals surface area contributed by atoms with E-state index < -0.39 is 0 Å². The first-order valence-electron chi connectivity index (χ1n) is 7.34. The fourth-order valence-corrected chi connectivity index (χ4v) is 2.88. The van der Waals surface area contributed by atoms with Crippen LogP contribution in [0, 0.1) is 13.8 Å². The van der Waals surface area contributed by atoms with E-state index in [4.69, 9.17) is 23.2 Å². The molecule has 1 amide bonds. The summed E-state index contributed by atoms with van der Waals surface area (Å²) < 4.78 is 1.68. The third kappa shape index (κ3) is 3.30. The number of hydrogen-bond donors (Lipinski definition) is 1. The van der Waals surface area contributed by atoms with E-state index >= 15 is 0 Å². The molecular weight excluding hydrogens is 345 g/mol. The summed E-state index contributed by atoms with van der Waals surface area (Å²) in [6, 6.07) is 12.8. The quantitative estimate of drug-likeness (QED) is 0.711. The van der Waals surface area contributed by atoms with Crippen LogP contribution in [0.25, 0.3) is 5.69 Å². The maximum Gasteiger partial charge on any atom is 0.259 e. The molecule has 0 aliphatic rings. The lowest BCUT2D eigenvalue weighted by atomic mass is 10.2. The van der Waals surface area contributed by atoms with Crippen molar-refractivity contribution in [3.8, 4) is 5.69 Å². The van der Waals surface area contributed by atoms with Gasteiger partial charge in [-0.15, -0.1) is 0 Å². The van der Waals surface area contributed by atoms with E-state index in [9.17, 15) is 4.79 Å². The summed E-state index contributed by atoms with van der Waals surface area (Å²) in [4.78, 5) is 12.5. The summed E-state index contributed by atoms with van der Waals surface area (Å²) in [5.74, 6) is -0.258. The fraction of sp³-hybridized carbons (Fsp3) is 0.111. The van der Waals surface area contributed by atoms with E-state index in [1.165, 1.54) is 6.20 Å². The smallest absolute Gasteiger partial charge is 0.259 e. The molecule has 0 saturated carbocycles. The van der Waals surface area contributed by atoms with Crippen molar-refractivity contribution in [1.29, 1.82) is 0 Å². The van der Waals surface area contributed by atoms with Crippen LogP contribution < -0.4 is 5.32 Å². The summed E-state index contributed by atoms with van der Waals surface area (Å²) in [6.07, 6.45) is 1.54. The summed E-state index contributed by atoms with van der Waals surface area (Å²) in [5.41, 5.74) is 3.60. The van der Waals surface area contributed by atoms with Crippen LogP contribution in [0.4, 0.5) is 5.69 Å². The number of halogens is 2. The Hall–Kier alpha value is -2.30. The number of anilines is 1. The zero-order valence-electron chi connectivity index (χ0n) is 13.2. The average molecular weight is 360 g/mol. The zero-order chi connectivity index (χ0) is 17.3.